The molecule has 38 heavy (non-hydrogen) atoms. The van der Waals surface area contributed by atoms with Crippen LogP contribution in [-0.4, -0.2) is 47.2 Å². The standard InChI is InChI=1S/C28H24FN3O6/c1-15(19-9-5-7-16-6-3-4-8-20(16)19)30-26(34)21-12-11-18(29)14-17(21)10-13-22-31-32-27(37-22)23(33)24-25(38-24)28(35)36-2/h3-9,11-12,14-15,24-25H,10,13H2,1-2H3,(H,30,34). The second-order valence-corrected chi connectivity index (χ2v) is 8.93. The van der Waals surface area contributed by atoms with Gasteiger partial charge in [-0.05, 0) is 53.4 Å². The third-order valence-corrected chi connectivity index (χ3v) is 6.42. The predicted octanol–water partition coefficient (Wildman–Crippen LogP) is 3.76. The van der Waals surface area contributed by atoms with Gasteiger partial charge < -0.3 is 19.2 Å². The summed E-state index contributed by atoms with van der Waals surface area (Å²) < 4.78 is 29.1. The second-order valence-electron chi connectivity index (χ2n) is 8.93. The van der Waals surface area contributed by atoms with E-state index in [1.807, 2.05) is 49.4 Å². The van der Waals surface area contributed by atoms with Crippen LogP contribution in [0.5, 0.6) is 0 Å². The number of benzene rings is 3. The van der Waals surface area contributed by atoms with Crippen LogP contribution < -0.4 is 5.32 Å². The number of ketones is 1. The number of fused-ring (bicyclic) bond motifs is 1. The first kappa shape index (κ1) is 25.2. The van der Waals surface area contributed by atoms with E-state index in [1.165, 1.54) is 25.3 Å². The van der Waals surface area contributed by atoms with E-state index in [0.717, 1.165) is 16.3 Å². The maximum Gasteiger partial charge on any atom is 0.338 e. The molecule has 3 aromatic carbocycles. The number of halogens is 1. The number of hydrogen-bond donors (Lipinski definition) is 1. The fourth-order valence-corrected chi connectivity index (χ4v) is 4.40. The Hall–Kier alpha value is -4.44. The molecule has 0 spiro atoms. The quantitative estimate of drug-likeness (QED) is 0.202. The van der Waals surface area contributed by atoms with Crippen molar-refractivity contribution in [1.29, 1.82) is 0 Å². The summed E-state index contributed by atoms with van der Waals surface area (Å²) in [5, 5.41) is 12.7. The number of rotatable bonds is 9. The van der Waals surface area contributed by atoms with Gasteiger partial charge in [-0.3, -0.25) is 9.59 Å². The van der Waals surface area contributed by atoms with Crippen molar-refractivity contribution in [3.63, 3.8) is 0 Å². The molecule has 3 unspecified atom stereocenters. The smallest absolute Gasteiger partial charge is 0.338 e. The molecule has 1 saturated heterocycles. The summed E-state index contributed by atoms with van der Waals surface area (Å²) in [6.45, 7) is 1.90. The number of hydrogen-bond acceptors (Lipinski definition) is 8. The maximum absolute atomic E-state index is 14.1. The first-order valence-corrected chi connectivity index (χ1v) is 12.0. The van der Waals surface area contributed by atoms with Crippen LogP contribution >= 0.6 is 0 Å². The Morgan fingerprint density at radius 1 is 1.03 bits per heavy atom. The van der Waals surface area contributed by atoms with Crippen molar-refractivity contribution in [3.05, 3.63) is 95.0 Å². The summed E-state index contributed by atoms with van der Waals surface area (Å²) >= 11 is 0. The molecule has 0 bridgehead atoms. The zero-order chi connectivity index (χ0) is 26.8. The molecule has 1 amide bonds. The maximum atomic E-state index is 14.1. The number of amides is 1. The van der Waals surface area contributed by atoms with E-state index < -0.39 is 29.8 Å². The average Bonchev–Trinajstić information content (AvgIpc) is 3.59. The third-order valence-electron chi connectivity index (χ3n) is 6.42. The van der Waals surface area contributed by atoms with Crippen molar-refractivity contribution >= 4 is 28.4 Å². The minimum absolute atomic E-state index is 0.128. The van der Waals surface area contributed by atoms with E-state index >= 15 is 0 Å². The molecule has 1 aromatic heterocycles. The average molecular weight is 518 g/mol. The van der Waals surface area contributed by atoms with Gasteiger partial charge in [0.2, 0.25) is 5.89 Å². The van der Waals surface area contributed by atoms with Crippen LogP contribution in [0.15, 0.2) is 65.1 Å². The van der Waals surface area contributed by atoms with Crippen molar-refractivity contribution in [1.82, 2.24) is 15.5 Å². The SMILES string of the molecule is COC(=O)C1OC1C(=O)c1nnc(CCc2cc(F)ccc2C(=O)NC(C)c2cccc3ccccc23)o1. The highest BCUT2D eigenvalue weighted by Crippen LogP contribution is 2.27. The van der Waals surface area contributed by atoms with Gasteiger partial charge in [0.1, 0.15) is 5.82 Å². The molecule has 0 radical (unpaired) electrons. The number of aryl methyl sites for hydroxylation is 2. The molecule has 1 fully saturated rings. The lowest BCUT2D eigenvalue weighted by atomic mass is 9.98. The Morgan fingerprint density at radius 3 is 2.63 bits per heavy atom. The number of nitrogens with zero attached hydrogens (tertiary/aromatic N) is 2. The second kappa shape index (κ2) is 10.5. The third kappa shape index (κ3) is 5.16. The van der Waals surface area contributed by atoms with Gasteiger partial charge in [0.05, 0.1) is 13.2 Å². The molecule has 3 atom stereocenters. The molecule has 9 nitrogen and oxygen atoms in total. The Bertz CT molecular complexity index is 1530. The number of ether oxygens (including phenoxy) is 2. The van der Waals surface area contributed by atoms with Gasteiger partial charge in [-0.2, -0.15) is 0 Å². The summed E-state index contributed by atoms with van der Waals surface area (Å²) in [6.07, 6.45) is -1.62. The molecule has 4 aromatic rings. The number of carbonyl (C=O) groups excluding carboxylic acids is 3. The van der Waals surface area contributed by atoms with Crippen LogP contribution in [0.4, 0.5) is 4.39 Å². The van der Waals surface area contributed by atoms with Crippen molar-refractivity contribution in [3.8, 4) is 0 Å². The highest BCUT2D eigenvalue weighted by molar-refractivity contribution is 6.02. The van der Waals surface area contributed by atoms with Gasteiger partial charge in [-0.25, -0.2) is 9.18 Å². The molecule has 5 rings (SSSR count). The molecular formula is C28H24FN3O6. The van der Waals surface area contributed by atoms with Crippen LogP contribution in [-0.2, 0) is 27.1 Å². The molecule has 0 aliphatic carbocycles. The van der Waals surface area contributed by atoms with E-state index in [4.69, 9.17) is 9.15 Å². The van der Waals surface area contributed by atoms with Gasteiger partial charge in [0.25, 0.3) is 17.6 Å². The van der Waals surface area contributed by atoms with Crippen molar-refractivity contribution in [2.45, 2.75) is 38.0 Å². The number of methoxy groups -OCH3 is 1. The number of epoxide rings is 1. The number of aromatic nitrogens is 2. The van der Waals surface area contributed by atoms with Crippen molar-refractivity contribution < 1.29 is 32.7 Å². The minimum Gasteiger partial charge on any atom is -0.467 e. The van der Waals surface area contributed by atoms with Gasteiger partial charge in [0.15, 0.2) is 12.2 Å². The van der Waals surface area contributed by atoms with Crippen LogP contribution in [0.2, 0.25) is 0 Å². The fourth-order valence-electron chi connectivity index (χ4n) is 4.40. The molecule has 1 N–H and O–H groups in total. The zero-order valence-corrected chi connectivity index (χ0v) is 20.6. The molecular weight excluding hydrogens is 493 g/mol. The summed E-state index contributed by atoms with van der Waals surface area (Å²) in [5.74, 6) is -2.27. The first-order chi connectivity index (χ1) is 18.4. The monoisotopic (exact) mass is 517 g/mol. The fraction of sp³-hybridized carbons (Fsp3) is 0.250. The minimum atomic E-state index is -1.02. The van der Waals surface area contributed by atoms with E-state index in [2.05, 4.69) is 20.3 Å². The molecule has 194 valence electrons. The summed E-state index contributed by atoms with van der Waals surface area (Å²) in [6, 6.07) is 17.5. The van der Waals surface area contributed by atoms with E-state index in [0.29, 0.717) is 11.1 Å². The van der Waals surface area contributed by atoms with Gasteiger partial charge in [0, 0.05) is 12.0 Å². The highest BCUT2D eigenvalue weighted by atomic mass is 19.1. The van der Waals surface area contributed by atoms with Gasteiger partial charge >= 0.3 is 5.97 Å². The lowest BCUT2D eigenvalue weighted by molar-refractivity contribution is -0.142. The Kier molecular flexibility index (Phi) is 6.97. The molecule has 1 aliphatic rings. The Morgan fingerprint density at radius 2 is 1.82 bits per heavy atom. The van der Waals surface area contributed by atoms with Gasteiger partial charge in [-0.15, -0.1) is 10.2 Å². The lowest BCUT2D eigenvalue weighted by Crippen LogP contribution is -2.28. The molecule has 0 saturated carbocycles. The lowest BCUT2D eigenvalue weighted by Gasteiger charge is -2.18. The largest absolute Gasteiger partial charge is 0.467 e. The van der Waals surface area contributed by atoms with E-state index in [-0.39, 0.29) is 36.6 Å². The topological polar surface area (TPSA) is 124 Å². The Labute approximate surface area is 216 Å². The number of esters is 1. The number of Topliss-reactive ketones (excluding diaryl/α,β-unsaturated/α-hetero) is 1. The zero-order valence-electron chi connectivity index (χ0n) is 20.6. The summed E-state index contributed by atoms with van der Waals surface area (Å²) in [4.78, 5) is 37.1. The van der Waals surface area contributed by atoms with Crippen LogP contribution in [0.1, 0.15) is 51.0 Å². The van der Waals surface area contributed by atoms with E-state index in [9.17, 15) is 18.8 Å². The predicted molar refractivity (Wildman–Crippen MR) is 133 cm³/mol. The van der Waals surface area contributed by atoms with Crippen LogP contribution in [0, 0.1) is 5.82 Å². The summed E-state index contributed by atoms with van der Waals surface area (Å²) in [5.41, 5.74) is 1.74. The number of nitrogens with one attached hydrogen (secondary N) is 1. The molecule has 2 heterocycles. The normalized spacial score (nSPS) is 17.1. The van der Waals surface area contributed by atoms with E-state index in [1.54, 1.807) is 0 Å². The summed E-state index contributed by atoms with van der Waals surface area (Å²) in [7, 11) is 1.20. The molecule has 10 heteroatoms. The number of carbonyl (C=O) groups is 3. The van der Waals surface area contributed by atoms with Crippen molar-refractivity contribution in [2.75, 3.05) is 7.11 Å². The highest BCUT2D eigenvalue weighted by Gasteiger charge is 2.53. The Balaban J connectivity index is 1.27. The molecule has 1 aliphatic heterocycles. The van der Waals surface area contributed by atoms with Crippen LogP contribution in [0.25, 0.3) is 10.8 Å². The first-order valence-electron chi connectivity index (χ1n) is 12.0. The van der Waals surface area contributed by atoms with Gasteiger partial charge in [-0.1, -0.05) is 42.5 Å². The van der Waals surface area contributed by atoms with Crippen LogP contribution in [0.3, 0.4) is 0 Å². The van der Waals surface area contributed by atoms with Crippen molar-refractivity contribution in [2.24, 2.45) is 0 Å².